The van der Waals surface area contributed by atoms with Crippen LogP contribution in [0.3, 0.4) is 0 Å². The van der Waals surface area contributed by atoms with Gasteiger partial charge in [0.15, 0.2) is 0 Å². The monoisotopic (exact) mass is 478 g/mol. The molecule has 0 spiro atoms. The average Bonchev–Trinajstić information content (AvgIpc) is 3.15. The summed E-state index contributed by atoms with van der Waals surface area (Å²) in [7, 11) is -3.72. The fourth-order valence-corrected chi connectivity index (χ4v) is 5.19. The molecule has 31 heavy (non-hydrogen) atoms. The zero-order valence-electron chi connectivity index (χ0n) is 16.2. The highest BCUT2D eigenvalue weighted by Crippen LogP contribution is 2.27. The first-order chi connectivity index (χ1) is 14.8. The van der Waals surface area contributed by atoms with E-state index in [1.165, 1.54) is 41.8 Å². The predicted octanol–water partition coefficient (Wildman–Crippen LogP) is 3.57. The van der Waals surface area contributed by atoms with E-state index in [1.807, 2.05) is 0 Å². The molecule has 0 aliphatic rings. The summed E-state index contributed by atoms with van der Waals surface area (Å²) in [5, 5.41) is 9.37. The van der Waals surface area contributed by atoms with Crippen molar-refractivity contribution in [1.29, 1.82) is 0 Å². The number of aliphatic carboxylic acids is 1. The highest BCUT2D eigenvalue weighted by Gasteiger charge is 2.20. The summed E-state index contributed by atoms with van der Waals surface area (Å²) in [5.74, 6) is -1.15. The minimum absolute atomic E-state index is 0.0519. The summed E-state index contributed by atoms with van der Waals surface area (Å²) >= 11 is 7.03. The van der Waals surface area contributed by atoms with Crippen molar-refractivity contribution >= 4 is 44.7 Å². The van der Waals surface area contributed by atoms with Crippen molar-refractivity contribution in [3.8, 4) is 0 Å². The number of hydrogen-bond acceptors (Lipinski definition) is 6. The number of rotatable bonds is 10. The summed E-state index contributed by atoms with van der Waals surface area (Å²) in [6.45, 7) is 0.0768. The van der Waals surface area contributed by atoms with Gasteiger partial charge in [-0.1, -0.05) is 11.6 Å². The Morgan fingerprint density at radius 3 is 2.52 bits per heavy atom. The molecule has 0 amide bonds. The molecule has 2 N–H and O–H groups in total. The summed E-state index contributed by atoms with van der Waals surface area (Å²) < 4.78 is 27.5. The van der Waals surface area contributed by atoms with Crippen molar-refractivity contribution in [3.63, 3.8) is 0 Å². The highest BCUT2D eigenvalue weighted by molar-refractivity contribution is 7.89. The molecule has 3 rings (SSSR count). The van der Waals surface area contributed by atoms with E-state index in [0.717, 1.165) is 4.88 Å². The van der Waals surface area contributed by atoms with E-state index in [-0.39, 0.29) is 30.1 Å². The molecule has 3 aromatic rings. The van der Waals surface area contributed by atoms with Crippen LogP contribution in [0.25, 0.3) is 0 Å². The number of halogens is 1. The second-order valence-corrected chi connectivity index (χ2v) is 9.97. The first-order valence-electron chi connectivity index (χ1n) is 9.29. The van der Waals surface area contributed by atoms with Gasteiger partial charge in [-0.15, -0.1) is 11.3 Å². The molecule has 162 valence electrons. The fourth-order valence-electron chi connectivity index (χ4n) is 2.86. The minimum Gasteiger partial charge on any atom is -0.481 e. The number of carboxylic acid groups (broad SMARTS) is 1. The Morgan fingerprint density at radius 1 is 1.13 bits per heavy atom. The molecule has 0 aliphatic carbocycles. The smallest absolute Gasteiger partial charge is 0.303 e. The molecular weight excluding hydrogens is 460 g/mol. The number of pyridine rings is 1. The second-order valence-electron chi connectivity index (χ2n) is 6.63. The number of carbonyl (C=O) groups is 2. The van der Waals surface area contributed by atoms with Gasteiger partial charge in [0.25, 0.3) is 0 Å². The topological polar surface area (TPSA) is 113 Å². The maximum Gasteiger partial charge on any atom is 0.303 e. The Labute approximate surface area is 188 Å². The van der Waals surface area contributed by atoms with E-state index in [1.54, 1.807) is 24.4 Å². The number of nitrogens with one attached hydrogen (secondary N) is 1. The Bertz CT molecular complexity index is 1180. The average molecular weight is 479 g/mol. The maximum absolute atomic E-state index is 12.9. The van der Waals surface area contributed by atoms with E-state index in [2.05, 4.69) is 9.71 Å². The first kappa shape index (κ1) is 23.1. The van der Waals surface area contributed by atoms with E-state index in [0.29, 0.717) is 27.4 Å². The van der Waals surface area contributed by atoms with Crippen LogP contribution in [0.2, 0.25) is 5.02 Å². The number of benzene rings is 1. The van der Waals surface area contributed by atoms with Gasteiger partial charge < -0.3 is 5.11 Å². The summed E-state index contributed by atoms with van der Waals surface area (Å²) in [4.78, 5) is 29.1. The van der Waals surface area contributed by atoms with Crippen molar-refractivity contribution in [2.45, 2.75) is 24.2 Å². The summed E-state index contributed by atoms with van der Waals surface area (Å²) in [6, 6.07) is 10.9. The molecule has 0 bridgehead atoms. The lowest BCUT2D eigenvalue weighted by molar-refractivity contribution is -0.136. The number of aryl methyl sites for hydroxylation is 1. The maximum atomic E-state index is 12.9. The molecule has 10 heteroatoms. The van der Waals surface area contributed by atoms with Crippen LogP contribution in [0.4, 0.5) is 0 Å². The summed E-state index contributed by atoms with van der Waals surface area (Å²) in [6.07, 6.45) is 3.55. The minimum atomic E-state index is -3.72. The number of carboxylic acids is 1. The van der Waals surface area contributed by atoms with Crippen molar-refractivity contribution in [1.82, 2.24) is 9.71 Å². The second kappa shape index (κ2) is 10.1. The fraction of sp³-hybridized carbons (Fsp3) is 0.190. The number of aromatic nitrogens is 1. The Morgan fingerprint density at radius 2 is 1.87 bits per heavy atom. The van der Waals surface area contributed by atoms with E-state index >= 15 is 0 Å². The lowest BCUT2D eigenvalue weighted by Crippen LogP contribution is -2.26. The zero-order valence-corrected chi connectivity index (χ0v) is 18.6. The predicted molar refractivity (Wildman–Crippen MR) is 118 cm³/mol. The lowest BCUT2D eigenvalue weighted by atomic mass is 10.1. The molecule has 0 radical (unpaired) electrons. The third-order valence-electron chi connectivity index (χ3n) is 4.39. The Kier molecular flexibility index (Phi) is 7.55. The molecule has 7 nitrogen and oxygen atoms in total. The van der Waals surface area contributed by atoms with Crippen molar-refractivity contribution < 1.29 is 23.1 Å². The molecule has 0 atom stereocenters. The number of hydrogen-bond donors (Lipinski definition) is 2. The van der Waals surface area contributed by atoms with Crippen LogP contribution in [-0.4, -0.2) is 36.8 Å². The SMILES string of the molecule is O=C(O)CCc1cc(CCNS(=O)(=O)c2ccc(Cl)cc2)c(C(=O)c2cccnc2)s1. The van der Waals surface area contributed by atoms with Crippen molar-refractivity contribution in [2.75, 3.05) is 6.54 Å². The van der Waals surface area contributed by atoms with Gasteiger partial charge in [0, 0.05) is 34.4 Å². The number of nitrogens with zero attached hydrogens (tertiary/aromatic N) is 1. The summed E-state index contributed by atoms with van der Waals surface area (Å²) in [5.41, 5.74) is 1.08. The first-order valence-corrected chi connectivity index (χ1v) is 12.0. The molecule has 1 aromatic carbocycles. The number of sulfonamides is 1. The molecule has 0 saturated carbocycles. The van der Waals surface area contributed by atoms with Gasteiger partial charge in [0.05, 0.1) is 16.2 Å². The molecule has 2 aromatic heterocycles. The van der Waals surface area contributed by atoms with Crippen LogP contribution in [0.5, 0.6) is 0 Å². The van der Waals surface area contributed by atoms with E-state index in [4.69, 9.17) is 16.7 Å². The van der Waals surface area contributed by atoms with Gasteiger partial charge in [-0.25, -0.2) is 13.1 Å². The van der Waals surface area contributed by atoms with Crippen LogP contribution >= 0.6 is 22.9 Å². The van der Waals surface area contributed by atoms with Crippen LogP contribution in [-0.2, 0) is 27.7 Å². The van der Waals surface area contributed by atoms with Gasteiger partial charge in [-0.3, -0.25) is 14.6 Å². The van der Waals surface area contributed by atoms with E-state index in [9.17, 15) is 18.0 Å². The van der Waals surface area contributed by atoms with Crippen LogP contribution in [0, 0.1) is 0 Å². The normalized spacial score (nSPS) is 11.4. The number of thiophene rings is 1. The zero-order chi connectivity index (χ0) is 22.4. The standard InChI is InChI=1S/C21H19ClN2O5S2/c22-16-3-6-18(7-4-16)31(28,29)24-11-9-14-12-17(5-8-19(25)26)30-21(14)20(27)15-2-1-10-23-13-15/h1-4,6-7,10,12-13,24H,5,8-9,11H2,(H,25,26). The van der Waals surface area contributed by atoms with Gasteiger partial charge in [0.2, 0.25) is 15.8 Å². The lowest BCUT2D eigenvalue weighted by Gasteiger charge is -2.07. The van der Waals surface area contributed by atoms with Crippen LogP contribution in [0.1, 0.15) is 32.1 Å². The van der Waals surface area contributed by atoms with Gasteiger partial charge in [0.1, 0.15) is 0 Å². The van der Waals surface area contributed by atoms with Crippen molar-refractivity contribution in [3.05, 3.63) is 80.8 Å². The number of ketones is 1. The largest absolute Gasteiger partial charge is 0.481 e. The van der Waals surface area contributed by atoms with Gasteiger partial charge >= 0.3 is 5.97 Å². The molecule has 0 fully saturated rings. The van der Waals surface area contributed by atoms with Gasteiger partial charge in [-0.05, 0) is 60.9 Å². The molecule has 2 heterocycles. The van der Waals surface area contributed by atoms with E-state index < -0.39 is 16.0 Å². The number of carbonyl (C=O) groups excluding carboxylic acids is 1. The molecule has 0 aliphatic heterocycles. The third kappa shape index (κ3) is 6.20. The van der Waals surface area contributed by atoms with Crippen LogP contribution in [0.15, 0.2) is 59.8 Å². The highest BCUT2D eigenvalue weighted by atomic mass is 35.5. The van der Waals surface area contributed by atoms with Gasteiger partial charge in [-0.2, -0.15) is 0 Å². The molecule has 0 saturated heterocycles. The quantitative estimate of drug-likeness (QED) is 0.431. The Balaban J connectivity index is 1.77. The van der Waals surface area contributed by atoms with Crippen molar-refractivity contribution in [2.24, 2.45) is 0 Å². The molecular formula is C21H19ClN2O5S2. The Hall–Kier alpha value is -2.59. The molecule has 0 unspecified atom stereocenters. The third-order valence-corrected chi connectivity index (χ3v) is 7.35. The van der Waals surface area contributed by atoms with Crippen LogP contribution < -0.4 is 4.72 Å².